The molecule has 0 aliphatic heterocycles. The van der Waals surface area contributed by atoms with Crippen molar-refractivity contribution < 1.29 is 19.8 Å². The van der Waals surface area contributed by atoms with E-state index in [4.69, 9.17) is 0 Å². The third kappa shape index (κ3) is 12.3. The summed E-state index contributed by atoms with van der Waals surface area (Å²) in [6.07, 6.45) is 23.2. The van der Waals surface area contributed by atoms with Gasteiger partial charge in [0.1, 0.15) is 0 Å². The normalized spacial score (nSPS) is 11.1. The SMILES string of the molecule is CCCCCCCCCCCCCCCCCCc1c(CCC)ccc(C(=O)O)c1C(=O)O. The van der Waals surface area contributed by atoms with Crippen LogP contribution >= 0.6 is 0 Å². The molecular formula is C29H48O4. The second-order valence-electron chi connectivity index (χ2n) is 9.54. The summed E-state index contributed by atoms with van der Waals surface area (Å²) in [4.78, 5) is 23.3. The van der Waals surface area contributed by atoms with E-state index in [0.29, 0.717) is 6.42 Å². The van der Waals surface area contributed by atoms with Crippen molar-refractivity contribution in [3.8, 4) is 0 Å². The fourth-order valence-corrected chi connectivity index (χ4v) is 4.75. The van der Waals surface area contributed by atoms with Gasteiger partial charge in [-0.1, -0.05) is 123 Å². The van der Waals surface area contributed by atoms with Gasteiger partial charge < -0.3 is 10.2 Å². The number of carbonyl (C=O) groups is 2. The van der Waals surface area contributed by atoms with Crippen LogP contribution in [0.2, 0.25) is 0 Å². The lowest BCUT2D eigenvalue weighted by atomic mass is 9.90. The molecule has 1 aromatic rings. The monoisotopic (exact) mass is 460 g/mol. The van der Waals surface area contributed by atoms with Gasteiger partial charge in [0.05, 0.1) is 11.1 Å². The number of carboxylic acids is 2. The third-order valence-electron chi connectivity index (χ3n) is 6.65. The quantitative estimate of drug-likeness (QED) is 0.180. The average Bonchev–Trinajstić information content (AvgIpc) is 2.79. The van der Waals surface area contributed by atoms with E-state index in [2.05, 4.69) is 13.8 Å². The summed E-state index contributed by atoms with van der Waals surface area (Å²) in [5, 5.41) is 19.1. The van der Waals surface area contributed by atoms with E-state index in [1.54, 1.807) is 6.07 Å². The third-order valence-corrected chi connectivity index (χ3v) is 6.65. The van der Waals surface area contributed by atoms with Crippen LogP contribution in [0.15, 0.2) is 12.1 Å². The number of aromatic carboxylic acids is 2. The molecule has 0 aliphatic rings. The number of rotatable bonds is 21. The summed E-state index contributed by atoms with van der Waals surface area (Å²) in [6, 6.07) is 3.26. The van der Waals surface area contributed by atoms with Crippen molar-refractivity contribution >= 4 is 11.9 Å². The van der Waals surface area contributed by atoms with Gasteiger partial charge in [-0.15, -0.1) is 0 Å². The molecule has 33 heavy (non-hydrogen) atoms. The predicted molar refractivity (Wildman–Crippen MR) is 138 cm³/mol. The number of aryl methyl sites for hydroxylation is 1. The molecule has 0 bridgehead atoms. The van der Waals surface area contributed by atoms with Gasteiger partial charge in [0.2, 0.25) is 0 Å². The molecule has 0 saturated heterocycles. The molecule has 2 N–H and O–H groups in total. The molecule has 1 aromatic carbocycles. The molecule has 0 spiro atoms. The van der Waals surface area contributed by atoms with Gasteiger partial charge in [0.25, 0.3) is 0 Å². The Morgan fingerprint density at radius 2 is 1.03 bits per heavy atom. The smallest absolute Gasteiger partial charge is 0.336 e. The van der Waals surface area contributed by atoms with Crippen LogP contribution in [0.5, 0.6) is 0 Å². The van der Waals surface area contributed by atoms with E-state index in [9.17, 15) is 19.8 Å². The van der Waals surface area contributed by atoms with Gasteiger partial charge in [-0.25, -0.2) is 9.59 Å². The van der Waals surface area contributed by atoms with E-state index in [1.807, 2.05) is 0 Å². The number of carboxylic acid groups (broad SMARTS) is 2. The molecule has 0 radical (unpaired) electrons. The molecular weight excluding hydrogens is 412 g/mol. The molecule has 4 nitrogen and oxygen atoms in total. The van der Waals surface area contributed by atoms with Crippen LogP contribution in [-0.2, 0) is 12.8 Å². The maximum Gasteiger partial charge on any atom is 0.336 e. The van der Waals surface area contributed by atoms with Crippen LogP contribution in [0.3, 0.4) is 0 Å². The lowest BCUT2D eigenvalue weighted by Gasteiger charge is -2.15. The lowest BCUT2D eigenvalue weighted by molar-refractivity contribution is 0.0650. The first kappa shape index (κ1) is 29.2. The van der Waals surface area contributed by atoms with Crippen molar-refractivity contribution in [2.75, 3.05) is 0 Å². The van der Waals surface area contributed by atoms with Crippen molar-refractivity contribution in [2.45, 2.75) is 136 Å². The van der Waals surface area contributed by atoms with E-state index >= 15 is 0 Å². The van der Waals surface area contributed by atoms with Crippen LogP contribution in [0.1, 0.15) is 155 Å². The highest BCUT2D eigenvalue weighted by atomic mass is 16.4. The van der Waals surface area contributed by atoms with Crippen molar-refractivity contribution in [3.05, 3.63) is 34.4 Å². The summed E-state index contributed by atoms with van der Waals surface area (Å²) in [5.74, 6) is -2.29. The standard InChI is InChI=1S/C29H48O4/c1-3-5-6-7-8-9-10-11-12-13-14-15-16-17-18-19-21-25-24(20-4-2)22-23-26(28(30)31)27(25)29(32)33/h22-23H,3-21H2,1-2H3,(H,30,31)(H,32,33). The Balaban J connectivity index is 2.22. The highest BCUT2D eigenvalue weighted by Crippen LogP contribution is 2.24. The number of hydrogen-bond donors (Lipinski definition) is 2. The zero-order valence-corrected chi connectivity index (χ0v) is 21.3. The largest absolute Gasteiger partial charge is 0.478 e. The summed E-state index contributed by atoms with van der Waals surface area (Å²) in [7, 11) is 0. The van der Waals surface area contributed by atoms with E-state index in [0.717, 1.165) is 36.8 Å². The van der Waals surface area contributed by atoms with Crippen LogP contribution in [0, 0.1) is 0 Å². The molecule has 0 aliphatic carbocycles. The van der Waals surface area contributed by atoms with Gasteiger partial charge in [-0.3, -0.25) is 0 Å². The Hall–Kier alpha value is -1.84. The van der Waals surface area contributed by atoms with Crippen molar-refractivity contribution in [1.29, 1.82) is 0 Å². The second kappa shape index (κ2) is 18.6. The van der Waals surface area contributed by atoms with Crippen LogP contribution in [0.25, 0.3) is 0 Å². The first-order valence-corrected chi connectivity index (χ1v) is 13.6. The molecule has 0 amide bonds. The van der Waals surface area contributed by atoms with Crippen molar-refractivity contribution in [3.63, 3.8) is 0 Å². The fourth-order valence-electron chi connectivity index (χ4n) is 4.75. The molecule has 0 fully saturated rings. The zero-order chi connectivity index (χ0) is 24.3. The van der Waals surface area contributed by atoms with Crippen LogP contribution in [-0.4, -0.2) is 22.2 Å². The molecule has 0 atom stereocenters. The maximum absolute atomic E-state index is 11.8. The number of benzene rings is 1. The Labute approximate surface area is 202 Å². The van der Waals surface area contributed by atoms with E-state index in [-0.39, 0.29) is 11.1 Å². The number of hydrogen-bond acceptors (Lipinski definition) is 2. The average molecular weight is 461 g/mol. The summed E-state index contributed by atoms with van der Waals surface area (Å²) in [5.41, 5.74) is 1.62. The molecule has 0 saturated carbocycles. The van der Waals surface area contributed by atoms with Gasteiger partial charge in [0.15, 0.2) is 0 Å². The molecule has 0 heterocycles. The van der Waals surface area contributed by atoms with Gasteiger partial charge in [0, 0.05) is 0 Å². The molecule has 4 heteroatoms. The van der Waals surface area contributed by atoms with Crippen molar-refractivity contribution in [1.82, 2.24) is 0 Å². The Morgan fingerprint density at radius 1 is 0.576 bits per heavy atom. The fraction of sp³-hybridized carbons (Fsp3) is 0.724. The van der Waals surface area contributed by atoms with Gasteiger partial charge in [-0.05, 0) is 36.5 Å². The Kier molecular flexibility index (Phi) is 16.4. The molecule has 1 rings (SSSR count). The van der Waals surface area contributed by atoms with E-state index in [1.165, 1.54) is 96.0 Å². The zero-order valence-electron chi connectivity index (χ0n) is 21.3. The first-order valence-electron chi connectivity index (χ1n) is 13.6. The number of unbranched alkanes of at least 4 members (excludes halogenated alkanes) is 15. The highest BCUT2D eigenvalue weighted by Gasteiger charge is 2.22. The minimum absolute atomic E-state index is 0.00518. The van der Waals surface area contributed by atoms with Gasteiger partial charge >= 0.3 is 11.9 Å². The first-order chi connectivity index (χ1) is 16.0. The molecule has 188 valence electrons. The lowest BCUT2D eigenvalue weighted by Crippen LogP contribution is -2.14. The van der Waals surface area contributed by atoms with Gasteiger partial charge in [-0.2, -0.15) is 0 Å². The second-order valence-corrected chi connectivity index (χ2v) is 9.54. The van der Waals surface area contributed by atoms with Crippen molar-refractivity contribution in [2.24, 2.45) is 0 Å². The predicted octanol–water partition coefficient (Wildman–Crippen LogP) is 8.84. The topological polar surface area (TPSA) is 74.6 Å². The molecule has 0 aromatic heterocycles. The highest BCUT2D eigenvalue weighted by molar-refractivity contribution is 6.03. The summed E-state index contributed by atoms with van der Waals surface area (Å²) in [6.45, 7) is 4.33. The minimum atomic E-state index is -1.16. The Bertz CT molecular complexity index is 680. The Morgan fingerprint density at radius 3 is 1.42 bits per heavy atom. The molecule has 0 unspecified atom stereocenters. The van der Waals surface area contributed by atoms with Crippen LogP contribution < -0.4 is 0 Å². The summed E-state index contributed by atoms with van der Waals surface area (Å²) < 4.78 is 0. The summed E-state index contributed by atoms with van der Waals surface area (Å²) >= 11 is 0. The maximum atomic E-state index is 11.8. The minimum Gasteiger partial charge on any atom is -0.478 e. The van der Waals surface area contributed by atoms with E-state index < -0.39 is 11.9 Å². The van der Waals surface area contributed by atoms with Crippen LogP contribution in [0.4, 0.5) is 0 Å².